The summed E-state index contributed by atoms with van der Waals surface area (Å²) in [5.41, 5.74) is 0.636. The normalized spacial score (nSPS) is 11.0. The van der Waals surface area contributed by atoms with Gasteiger partial charge in [0.25, 0.3) is 0 Å². The third-order valence-corrected chi connectivity index (χ3v) is 2.15. The molecule has 0 aliphatic rings. The first-order valence-electron chi connectivity index (χ1n) is 5.72. The highest BCUT2D eigenvalue weighted by Crippen LogP contribution is 2.06. The maximum Gasteiger partial charge on any atom is 0.421 e. The number of nitrogens with one attached hydrogen (secondary N) is 1. The average Bonchev–Trinajstić information content (AvgIpc) is 2.13. The van der Waals surface area contributed by atoms with Crippen molar-refractivity contribution in [1.29, 1.82) is 0 Å². The highest BCUT2D eigenvalue weighted by Gasteiger charge is 2.18. The molecular formula is C13H21NO4S. The number of rotatable bonds is 1. The fourth-order valence-corrected chi connectivity index (χ4v) is 1.33. The van der Waals surface area contributed by atoms with Crippen molar-refractivity contribution in [1.82, 2.24) is 4.72 Å². The second-order valence-electron chi connectivity index (χ2n) is 5.03. The summed E-state index contributed by atoms with van der Waals surface area (Å²) in [5.74, 6) is 0. The van der Waals surface area contributed by atoms with Crippen LogP contribution in [0.15, 0.2) is 30.3 Å². The summed E-state index contributed by atoms with van der Waals surface area (Å²) in [4.78, 5) is 10.8. The smallest absolute Gasteiger partial charge is 0.421 e. The third-order valence-electron chi connectivity index (χ3n) is 1.61. The molecule has 0 saturated carbocycles. The molecule has 0 aromatic heterocycles. The zero-order valence-electron chi connectivity index (χ0n) is 11.9. The molecule has 1 amide bonds. The van der Waals surface area contributed by atoms with Crippen LogP contribution in [0.2, 0.25) is 0 Å². The number of hydrogen-bond donors (Lipinski definition) is 1. The molecule has 19 heavy (non-hydrogen) atoms. The number of ether oxygens (including phenoxy) is 1. The lowest BCUT2D eigenvalue weighted by Gasteiger charge is -2.18. The van der Waals surface area contributed by atoms with E-state index in [1.807, 2.05) is 18.2 Å². The summed E-state index contributed by atoms with van der Waals surface area (Å²) < 4.78 is 27.4. The van der Waals surface area contributed by atoms with Crippen LogP contribution >= 0.6 is 0 Å². The van der Waals surface area contributed by atoms with Crippen molar-refractivity contribution in [2.75, 3.05) is 6.26 Å². The van der Waals surface area contributed by atoms with Gasteiger partial charge in [0.2, 0.25) is 10.0 Å². The first kappa shape index (κ1) is 17.4. The van der Waals surface area contributed by atoms with E-state index in [-0.39, 0.29) is 0 Å². The molecule has 0 atom stereocenters. The van der Waals surface area contributed by atoms with Crippen LogP contribution in [0.25, 0.3) is 0 Å². The van der Waals surface area contributed by atoms with E-state index in [2.05, 4.69) is 23.8 Å². The van der Waals surface area contributed by atoms with Gasteiger partial charge in [0, 0.05) is 0 Å². The molecule has 0 fully saturated rings. The van der Waals surface area contributed by atoms with Gasteiger partial charge in [0.15, 0.2) is 0 Å². The molecule has 0 heterocycles. The van der Waals surface area contributed by atoms with Gasteiger partial charge in [-0.2, -0.15) is 0 Å². The van der Waals surface area contributed by atoms with Crippen LogP contribution in [-0.4, -0.2) is 26.4 Å². The highest BCUT2D eigenvalue weighted by atomic mass is 32.2. The molecule has 0 aliphatic heterocycles. The number of benzene rings is 1. The zero-order chi connectivity index (χ0) is 15.1. The van der Waals surface area contributed by atoms with Crippen LogP contribution in [0.5, 0.6) is 0 Å². The Kier molecular flexibility index (Phi) is 6.55. The molecule has 0 radical (unpaired) electrons. The van der Waals surface area contributed by atoms with E-state index in [4.69, 9.17) is 0 Å². The van der Waals surface area contributed by atoms with Gasteiger partial charge < -0.3 is 4.74 Å². The molecule has 0 aliphatic carbocycles. The minimum absolute atomic E-state index is 0.686. The molecular weight excluding hydrogens is 266 g/mol. The number of aryl methyl sites for hydroxylation is 1. The van der Waals surface area contributed by atoms with E-state index >= 15 is 0 Å². The fraction of sp³-hybridized carbons (Fsp3) is 0.462. The van der Waals surface area contributed by atoms with Crippen LogP contribution in [-0.2, 0) is 14.8 Å². The molecule has 0 bridgehead atoms. The predicted molar refractivity (Wildman–Crippen MR) is 75.4 cm³/mol. The monoisotopic (exact) mass is 287 g/mol. The Morgan fingerprint density at radius 1 is 1.16 bits per heavy atom. The maximum atomic E-state index is 10.8. The van der Waals surface area contributed by atoms with Crippen molar-refractivity contribution in [3.05, 3.63) is 35.9 Å². The van der Waals surface area contributed by atoms with E-state index in [0.29, 0.717) is 0 Å². The minimum atomic E-state index is -3.52. The molecule has 0 unspecified atom stereocenters. The van der Waals surface area contributed by atoms with Gasteiger partial charge in [-0.3, -0.25) is 0 Å². The summed E-state index contributed by atoms with van der Waals surface area (Å²) in [6.45, 7) is 7.03. The minimum Gasteiger partial charge on any atom is -0.443 e. The first-order chi connectivity index (χ1) is 8.49. The number of sulfonamides is 1. The summed E-state index contributed by atoms with van der Waals surface area (Å²) >= 11 is 0. The number of amides is 1. The maximum absolute atomic E-state index is 10.8. The Hall–Kier alpha value is -1.56. The van der Waals surface area contributed by atoms with Crippen molar-refractivity contribution in [2.24, 2.45) is 0 Å². The topological polar surface area (TPSA) is 72.5 Å². The van der Waals surface area contributed by atoms with Crippen LogP contribution in [0.4, 0.5) is 4.79 Å². The second kappa shape index (κ2) is 7.13. The molecule has 5 nitrogen and oxygen atoms in total. The number of carbonyl (C=O) groups is 1. The number of carbonyl (C=O) groups excluding carboxylic acids is 1. The lowest BCUT2D eigenvalue weighted by Crippen LogP contribution is -2.35. The number of hydrogen-bond acceptors (Lipinski definition) is 4. The third kappa shape index (κ3) is 12.7. The quantitative estimate of drug-likeness (QED) is 0.861. The van der Waals surface area contributed by atoms with Gasteiger partial charge in [0.05, 0.1) is 6.26 Å². The lowest BCUT2D eigenvalue weighted by atomic mass is 10.2. The van der Waals surface area contributed by atoms with E-state index in [1.165, 1.54) is 5.56 Å². The van der Waals surface area contributed by atoms with E-state index < -0.39 is 21.7 Å². The first-order valence-corrected chi connectivity index (χ1v) is 7.61. The van der Waals surface area contributed by atoms with Crippen molar-refractivity contribution >= 4 is 16.1 Å². The van der Waals surface area contributed by atoms with Gasteiger partial charge in [-0.15, -0.1) is 0 Å². The summed E-state index contributed by atoms with van der Waals surface area (Å²) in [7, 11) is -3.52. The Morgan fingerprint density at radius 2 is 1.63 bits per heavy atom. The Labute approximate surface area is 115 Å². The average molecular weight is 287 g/mol. The molecule has 1 N–H and O–H groups in total. The van der Waals surface area contributed by atoms with E-state index in [0.717, 1.165) is 6.26 Å². The standard InChI is InChI=1S/C7H8.C6H13NO4S/c1-7-5-3-2-4-6-7;1-6(2,3)11-5(8)7-12(4,9)10/h2-6H,1H3;1-4H3,(H,7,8). The van der Waals surface area contributed by atoms with Crippen LogP contribution < -0.4 is 4.72 Å². The molecule has 108 valence electrons. The van der Waals surface area contributed by atoms with Crippen LogP contribution in [0, 0.1) is 6.92 Å². The lowest BCUT2D eigenvalue weighted by molar-refractivity contribution is 0.0570. The van der Waals surface area contributed by atoms with Gasteiger partial charge in [-0.25, -0.2) is 17.9 Å². The van der Waals surface area contributed by atoms with Crippen molar-refractivity contribution in [2.45, 2.75) is 33.3 Å². The Morgan fingerprint density at radius 3 is 1.89 bits per heavy atom. The van der Waals surface area contributed by atoms with Crippen LogP contribution in [0.1, 0.15) is 26.3 Å². The fourth-order valence-electron chi connectivity index (χ4n) is 0.985. The van der Waals surface area contributed by atoms with Crippen LogP contribution in [0.3, 0.4) is 0 Å². The zero-order valence-corrected chi connectivity index (χ0v) is 12.7. The van der Waals surface area contributed by atoms with E-state index in [9.17, 15) is 13.2 Å². The van der Waals surface area contributed by atoms with Gasteiger partial charge in [0.1, 0.15) is 5.60 Å². The van der Waals surface area contributed by atoms with Crippen molar-refractivity contribution < 1.29 is 17.9 Å². The molecule has 1 aromatic rings. The second-order valence-corrected chi connectivity index (χ2v) is 6.78. The SMILES string of the molecule is CC(C)(C)OC(=O)NS(C)(=O)=O.Cc1ccccc1. The summed E-state index contributed by atoms with van der Waals surface area (Å²) in [6, 6.07) is 10.3. The summed E-state index contributed by atoms with van der Waals surface area (Å²) in [6.07, 6.45) is -0.0679. The van der Waals surface area contributed by atoms with Crippen molar-refractivity contribution in [3.8, 4) is 0 Å². The van der Waals surface area contributed by atoms with Crippen molar-refractivity contribution in [3.63, 3.8) is 0 Å². The predicted octanol–water partition coefficient (Wildman–Crippen LogP) is 2.47. The Balaban J connectivity index is 0.000000388. The highest BCUT2D eigenvalue weighted by molar-refractivity contribution is 7.89. The molecule has 0 spiro atoms. The van der Waals surface area contributed by atoms with E-state index in [1.54, 1.807) is 25.5 Å². The molecule has 1 aromatic carbocycles. The van der Waals surface area contributed by atoms with Gasteiger partial charge in [-0.05, 0) is 27.7 Å². The molecule has 0 saturated heterocycles. The molecule has 1 rings (SSSR count). The summed E-state index contributed by atoms with van der Waals surface area (Å²) in [5, 5.41) is 0. The van der Waals surface area contributed by atoms with Gasteiger partial charge >= 0.3 is 6.09 Å². The molecule has 6 heteroatoms. The van der Waals surface area contributed by atoms with Gasteiger partial charge in [-0.1, -0.05) is 35.9 Å². The Bertz CT molecular complexity index is 489. The largest absolute Gasteiger partial charge is 0.443 e.